The summed E-state index contributed by atoms with van der Waals surface area (Å²) in [6.07, 6.45) is 0.863. The Labute approximate surface area is 104 Å². The number of aromatic nitrogens is 1. The molecular formula is C12H14N2O2S. The van der Waals surface area contributed by atoms with E-state index in [9.17, 15) is 4.79 Å². The number of aliphatic imine (C=N–C) groups is 1. The molecule has 2 heterocycles. The number of pyridine rings is 1. The van der Waals surface area contributed by atoms with Crippen molar-refractivity contribution in [2.45, 2.75) is 25.8 Å². The lowest BCUT2D eigenvalue weighted by Crippen LogP contribution is -2.33. The number of aryl methyl sites for hydroxylation is 1. The van der Waals surface area contributed by atoms with Crippen LogP contribution in [-0.2, 0) is 11.2 Å². The van der Waals surface area contributed by atoms with Crippen LogP contribution >= 0.6 is 11.8 Å². The van der Waals surface area contributed by atoms with Crippen molar-refractivity contribution in [2.75, 3.05) is 5.75 Å². The molecule has 0 aliphatic carbocycles. The number of carbonyl (C=O) groups is 1. The smallest absolute Gasteiger partial charge is 0.332 e. The Bertz CT molecular complexity index is 487. The summed E-state index contributed by atoms with van der Waals surface area (Å²) in [6.45, 7) is 3.68. The average Bonchev–Trinajstić information content (AvgIpc) is 2.74. The molecule has 4 nitrogen and oxygen atoms in total. The Hall–Kier alpha value is -1.36. The average molecular weight is 250 g/mol. The predicted molar refractivity (Wildman–Crippen MR) is 68.7 cm³/mol. The molecule has 0 aromatic carbocycles. The number of carboxylic acid groups (broad SMARTS) is 1. The minimum absolute atomic E-state index is 0.468. The fourth-order valence-electron chi connectivity index (χ4n) is 1.53. The summed E-state index contributed by atoms with van der Waals surface area (Å²) in [4.78, 5) is 19.8. The highest BCUT2D eigenvalue weighted by Crippen LogP contribution is 2.30. The summed E-state index contributed by atoms with van der Waals surface area (Å²) in [5.41, 5.74) is 0.762. The van der Waals surface area contributed by atoms with E-state index in [0.717, 1.165) is 22.9 Å². The first-order valence-electron chi connectivity index (χ1n) is 5.47. The highest BCUT2D eigenvalue weighted by atomic mass is 32.2. The maximum absolute atomic E-state index is 11.1. The first-order chi connectivity index (χ1) is 8.05. The molecule has 1 aromatic rings. The van der Waals surface area contributed by atoms with E-state index >= 15 is 0 Å². The van der Waals surface area contributed by atoms with Gasteiger partial charge < -0.3 is 5.11 Å². The van der Waals surface area contributed by atoms with E-state index in [1.165, 1.54) is 11.8 Å². The summed E-state index contributed by atoms with van der Waals surface area (Å²) >= 11 is 1.46. The number of rotatable bonds is 3. The number of nitrogens with zero attached hydrogens (tertiary/aromatic N) is 2. The Morgan fingerprint density at radius 2 is 2.35 bits per heavy atom. The van der Waals surface area contributed by atoms with Crippen LogP contribution in [0.5, 0.6) is 0 Å². The highest BCUT2D eigenvalue weighted by Gasteiger charge is 2.38. The monoisotopic (exact) mass is 250 g/mol. The van der Waals surface area contributed by atoms with Crippen LogP contribution in [0, 0.1) is 0 Å². The fourth-order valence-corrected chi connectivity index (χ4v) is 2.67. The molecule has 1 unspecified atom stereocenters. The minimum atomic E-state index is -1.01. The largest absolute Gasteiger partial charge is 0.479 e. The van der Waals surface area contributed by atoms with Crippen molar-refractivity contribution in [2.24, 2.45) is 4.99 Å². The van der Waals surface area contributed by atoms with Crippen molar-refractivity contribution in [1.82, 2.24) is 4.98 Å². The molecule has 90 valence electrons. The molecule has 1 aliphatic rings. The van der Waals surface area contributed by atoms with Gasteiger partial charge >= 0.3 is 5.97 Å². The first kappa shape index (κ1) is 12.1. The zero-order valence-electron chi connectivity index (χ0n) is 9.80. The second-order valence-electron chi connectivity index (χ2n) is 4.15. The molecular weight excluding hydrogens is 236 g/mol. The Kier molecular flexibility index (Phi) is 3.19. The zero-order valence-corrected chi connectivity index (χ0v) is 10.6. The Morgan fingerprint density at radius 1 is 1.59 bits per heavy atom. The van der Waals surface area contributed by atoms with Gasteiger partial charge in [-0.25, -0.2) is 4.79 Å². The molecule has 1 aromatic heterocycles. The van der Waals surface area contributed by atoms with Gasteiger partial charge in [0.2, 0.25) is 0 Å². The molecule has 2 rings (SSSR count). The van der Waals surface area contributed by atoms with Crippen molar-refractivity contribution >= 4 is 22.8 Å². The zero-order chi connectivity index (χ0) is 12.5. The van der Waals surface area contributed by atoms with Gasteiger partial charge in [0.15, 0.2) is 5.54 Å². The Balaban J connectivity index is 2.33. The summed E-state index contributed by atoms with van der Waals surface area (Å²) in [5.74, 6) is -0.415. The minimum Gasteiger partial charge on any atom is -0.479 e. The highest BCUT2D eigenvalue weighted by molar-refractivity contribution is 8.14. The number of carboxylic acids is 1. The maximum Gasteiger partial charge on any atom is 0.332 e. The third-order valence-corrected chi connectivity index (χ3v) is 3.97. The number of hydrogen-bond acceptors (Lipinski definition) is 4. The van der Waals surface area contributed by atoms with Gasteiger partial charge in [0.05, 0.1) is 5.69 Å². The molecule has 0 fully saturated rings. The lowest BCUT2D eigenvalue weighted by Gasteiger charge is -2.11. The standard InChI is InChI=1S/C12H14N2O2S/c1-3-8-5-4-6-9(13-8)10-14-12(2,7-17-10)11(15)16/h4-6H,3,7H2,1-2H3,(H,15,16). The Morgan fingerprint density at radius 3 is 2.94 bits per heavy atom. The predicted octanol–water partition coefficient (Wildman–Crippen LogP) is 1.98. The van der Waals surface area contributed by atoms with E-state index in [1.807, 2.05) is 25.1 Å². The van der Waals surface area contributed by atoms with Gasteiger partial charge in [-0.15, -0.1) is 11.8 Å². The number of thioether (sulfide) groups is 1. The van der Waals surface area contributed by atoms with Crippen molar-refractivity contribution in [1.29, 1.82) is 0 Å². The van der Waals surface area contributed by atoms with Crippen molar-refractivity contribution in [3.8, 4) is 0 Å². The summed E-state index contributed by atoms with van der Waals surface area (Å²) < 4.78 is 0. The van der Waals surface area contributed by atoms with Gasteiger partial charge in [0.25, 0.3) is 0 Å². The lowest BCUT2D eigenvalue weighted by molar-refractivity contribution is -0.141. The second-order valence-corrected chi connectivity index (χ2v) is 5.12. The third kappa shape index (κ3) is 2.34. The molecule has 0 saturated heterocycles. The van der Waals surface area contributed by atoms with E-state index in [4.69, 9.17) is 5.11 Å². The molecule has 0 saturated carbocycles. The first-order valence-corrected chi connectivity index (χ1v) is 6.46. The molecule has 1 aliphatic heterocycles. The summed E-state index contributed by atoms with van der Waals surface area (Å²) in [7, 11) is 0. The molecule has 0 radical (unpaired) electrons. The SMILES string of the molecule is CCc1cccc(C2=NC(C)(C(=O)O)CS2)n1. The molecule has 17 heavy (non-hydrogen) atoms. The van der Waals surface area contributed by atoms with Gasteiger partial charge in [-0.3, -0.25) is 9.98 Å². The summed E-state index contributed by atoms with van der Waals surface area (Å²) in [6, 6.07) is 5.76. The molecule has 1 N–H and O–H groups in total. The maximum atomic E-state index is 11.1. The topological polar surface area (TPSA) is 62.5 Å². The van der Waals surface area contributed by atoms with E-state index in [-0.39, 0.29) is 0 Å². The quantitative estimate of drug-likeness (QED) is 0.891. The van der Waals surface area contributed by atoms with E-state index in [2.05, 4.69) is 9.98 Å². The van der Waals surface area contributed by atoms with Crippen LogP contribution in [0.2, 0.25) is 0 Å². The van der Waals surface area contributed by atoms with Gasteiger partial charge in [0, 0.05) is 11.4 Å². The molecule has 0 spiro atoms. The normalized spacial score (nSPS) is 23.5. The van der Waals surface area contributed by atoms with Gasteiger partial charge in [-0.2, -0.15) is 0 Å². The van der Waals surface area contributed by atoms with E-state index < -0.39 is 11.5 Å². The van der Waals surface area contributed by atoms with E-state index in [0.29, 0.717) is 5.75 Å². The molecule has 0 bridgehead atoms. The molecule has 0 amide bonds. The van der Waals surface area contributed by atoms with Gasteiger partial charge in [0.1, 0.15) is 5.04 Å². The van der Waals surface area contributed by atoms with E-state index in [1.54, 1.807) is 6.92 Å². The summed E-state index contributed by atoms with van der Waals surface area (Å²) in [5, 5.41) is 9.82. The van der Waals surface area contributed by atoms with Crippen molar-refractivity contribution < 1.29 is 9.90 Å². The van der Waals surface area contributed by atoms with Crippen LogP contribution in [0.4, 0.5) is 0 Å². The van der Waals surface area contributed by atoms with Crippen molar-refractivity contribution in [3.63, 3.8) is 0 Å². The van der Waals surface area contributed by atoms with Gasteiger partial charge in [-0.05, 0) is 25.5 Å². The van der Waals surface area contributed by atoms with Gasteiger partial charge in [-0.1, -0.05) is 13.0 Å². The number of aliphatic carboxylic acids is 1. The third-order valence-electron chi connectivity index (χ3n) is 2.69. The second kappa shape index (κ2) is 4.49. The van der Waals surface area contributed by atoms with Crippen LogP contribution in [0.15, 0.2) is 23.2 Å². The van der Waals surface area contributed by atoms with Crippen molar-refractivity contribution in [3.05, 3.63) is 29.6 Å². The van der Waals surface area contributed by atoms with Crippen LogP contribution in [-0.4, -0.2) is 32.4 Å². The van der Waals surface area contributed by atoms with Crippen LogP contribution in [0.1, 0.15) is 25.2 Å². The van der Waals surface area contributed by atoms with Crippen LogP contribution < -0.4 is 0 Å². The molecule has 1 atom stereocenters. The van der Waals surface area contributed by atoms with Crippen LogP contribution in [0.25, 0.3) is 0 Å². The fraction of sp³-hybridized carbons (Fsp3) is 0.417. The van der Waals surface area contributed by atoms with Crippen LogP contribution in [0.3, 0.4) is 0 Å². The lowest BCUT2D eigenvalue weighted by atomic mass is 10.1. The number of hydrogen-bond donors (Lipinski definition) is 1. The molecule has 5 heteroatoms.